The maximum Gasteiger partial charge on any atom is 0.264 e. The van der Waals surface area contributed by atoms with Gasteiger partial charge in [0.2, 0.25) is 0 Å². The zero-order valence-electron chi connectivity index (χ0n) is 10.8. The molecule has 0 spiro atoms. The van der Waals surface area contributed by atoms with Gasteiger partial charge in [-0.05, 0) is 47.7 Å². The van der Waals surface area contributed by atoms with Gasteiger partial charge in [0.1, 0.15) is 0 Å². The van der Waals surface area contributed by atoms with E-state index in [4.69, 9.17) is 17.3 Å². The molecule has 2 N–H and O–H groups in total. The van der Waals surface area contributed by atoms with Crippen LogP contribution in [0.4, 0.5) is 5.69 Å². The highest BCUT2D eigenvalue weighted by Crippen LogP contribution is 2.22. The fourth-order valence-electron chi connectivity index (χ4n) is 1.81. The number of hydrogen-bond donors (Lipinski definition) is 1. The predicted octanol–water partition coefficient (Wildman–Crippen LogP) is 3.56. The highest BCUT2D eigenvalue weighted by molar-refractivity contribution is 7.12. The van der Waals surface area contributed by atoms with Gasteiger partial charge in [-0.15, -0.1) is 11.3 Å². The average molecular weight is 295 g/mol. The van der Waals surface area contributed by atoms with Crippen molar-refractivity contribution in [1.29, 1.82) is 0 Å². The SMILES string of the molecule is Cc1ccsc1C(=O)N(C)Cc1cc(N)ccc1Cl. The van der Waals surface area contributed by atoms with Gasteiger partial charge in [-0.3, -0.25) is 4.79 Å². The molecule has 0 aliphatic heterocycles. The minimum atomic E-state index is 0.00555. The third-order valence-corrected chi connectivity index (χ3v) is 4.25. The highest BCUT2D eigenvalue weighted by atomic mass is 35.5. The molecule has 5 heteroatoms. The normalized spacial score (nSPS) is 10.5. The van der Waals surface area contributed by atoms with Crippen molar-refractivity contribution in [1.82, 2.24) is 4.90 Å². The third kappa shape index (κ3) is 3.08. The number of aryl methyl sites for hydroxylation is 1. The molecule has 0 saturated carbocycles. The largest absolute Gasteiger partial charge is 0.399 e. The lowest BCUT2D eigenvalue weighted by atomic mass is 10.2. The minimum Gasteiger partial charge on any atom is -0.399 e. The molecule has 2 rings (SSSR count). The molecule has 100 valence electrons. The van der Waals surface area contributed by atoms with Gasteiger partial charge in [0.05, 0.1) is 4.88 Å². The lowest BCUT2D eigenvalue weighted by Gasteiger charge is -2.18. The van der Waals surface area contributed by atoms with Gasteiger partial charge in [0.15, 0.2) is 0 Å². The molecule has 1 aromatic heterocycles. The van der Waals surface area contributed by atoms with Crippen LogP contribution < -0.4 is 5.73 Å². The summed E-state index contributed by atoms with van der Waals surface area (Å²) >= 11 is 7.57. The first kappa shape index (κ1) is 13.9. The summed E-state index contributed by atoms with van der Waals surface area (Å²) in [4.78, 5) is 14.7. The van der Waals surface area contributed by atoms with E-state index in [0.29, 0.717) is 17.3 Å². The minimum absolute atomic E-state index is 0.00555. The van der Waals surface area contributed by atoms with Crippen molar-refractivity contribution in [3.05, 3.63) is 50.7 Å². The van der Waals surface area contributed by atoms with Gasteiger partial charge in [-0.2, -0.15) is 0 Å². The highest BCUT2D eigenvalue weighted by Gasteiger charge is 2.16. The molecule has 0 atom stereocenters. The number of thiophene rings is 1. The molecule has 0 unspecified atom stereocenters. The van der Waals surface area contributed by atoms with Gasteiger partial charge in [0, 0.05) is 24.3 Å². The number of anilines is 1. The fourth-order valence-corrected chi connectivity index (χ4v) is 2.90. The van der Waals surface area contributed by atoms with Crippen LogP contribution in [-0.2, 0) is 6.54 Å². The van der Waals surface area contributed by atoms with Crippen LogP contribution in [0.5, 0.6) is 0 Å². The van der Waals surface area contributed by atoms with Crippen LogP contribution in [0.1, 0.15) is 20.8 Å². The number of rotatable bonds is 3. The summed E-state index contributed by atoms with van der Waals surface area (Å²) in [6.07, 6.45) is 0. The third-order valence-electron chi connectivity index (χ3n) is 2.88. The molecule has 3 nitrogen and oxygen atoms in total. The molecule has 19 heavy (non-hydrogen) atoms. The Morgan fingerprint density at radius 1 is 1.42 bits per heavy atom. The molecule has 1 heterocycles. The Bertz CT molecular complexity index is 609. The van der Waals surface area contributed by atoms with Crippen molar-refractivity contribution < 1.29 is 4.79 Å². The number of carbonyl (C=O) groups excluding carboxylic acids is 1. The van der Waals surface area contributed by atoms with Gasteiger partial charge in [0.25, 0.3) is 5.91 Å². The number of nitrogens with two attached hydrogens (primary N) is 1. The number of amides is 1. The first-order valence-corrected chi connectivity index (χ1v) is 7.08. The van der Waals surface area contributed by atoms with E-state index in [9.17, 15) is 4.79 Å². The zero-order chi connectivity index (χ0) is 14.0. The Labute approximate surface area is 121 Å². The van der Waals surface area contributed by atoms with Crippen molar-refractivity contribution >= 4 is 34.5 Å². The van der Waals surface area contributed by atoms with E-state index in [2.05, 4.69) is 0 Å². The maximum atomic E-state index is 12.3. The second kappa shape index (κ2) is 5.63. The number of benzene rings is 1. The molecule has 1 aromatic carbocycles. The zero-order valence-corrected chi connectivity index (χ0v) is 12.4. The molecule has 0 saturated heterocycles. The number of nitrogens with zero attached hydrogens (tertiary/aromatic N) is 1. The van der Waals surface area contributed by atoms with Crippen LogP contribution in [0, 0.1) is 6.92 Å². The van der Waals surface area contributed by atoms with E-state index in [1.165, 1.54) is 11.3 Å². The molecule has 0 aliphatic carbocycles. The number of hydrogen-bond acceptors (Lipinski definition) is 3. The molecule has 1 amide bonds. The molecule has 0 fully saturated rings. The summed E-state index contributed by atoms with van der Waals surface area (Å²) in [5.41, 5.74) is 8.24. The summed E-state index contributed by atoms with van der Waals surface area (Å²) in [6.45, 7) is 2.38. The molecule has 0 radical (unpaired) electrons. The van der Waals surface area contributed by atoms with Gasteiger partial charge >= 0.3 is 0 Å². The van der Waals surface area contributed by atoms with E-state index in [1.54, 1.807) is 30.1 Å². The number of halogens is 1. The van der Waals surface area contributed by atoms with Crippen molar-refractivity contribution in [2.45, 2.75) is 13.5 Å². The predicted molar refractivity (Wildman–Crippen MR) is 80.7 cm³/mol. The summed E-state index contributed by atoms with van der Waals surface area (Å²) < 4.78 is 0. The summed E-state index contributed by atoms with van der Waals surface area (Å²) in [5, 5.41) is 2.54. The molecular formula is C14H15ClN2OS. The fraction of sp³-hybridized carbons (Fsp3) is 0.214. The van der Waals surface area contributed by atoms with Gasteiger partial charge < -0.3 is 10.6 Å². The maximum absolute atomic E-state index is 12.3. The van der Waals surface area contributed by atoms with E-state index < -0.39 is 0 Å². The number of nitrogen functional groups attached to an aromatic ring is 1. The average Bonchev–Trinajstić information content (AvgIpc) is 2.79. The molecule has 2 aromatic rings. The van der Waals surface area contributed by atoms with Crippen molar-refractivity contribution in [2.75, 3.05) is 12.8 Å². The first-order chi connectivity index (χ1) is 8.99. The summed E-state index contributed by atoms with van der Waals surface area (Å²) in [6, 6.07) is 7.24. The van der Waals surface area contributed by atoms with Crippen LogP contribution >= 0.6 is 22.9 Å². The lowest BCUT2D eigenvalue weighted by Crippen LogP contribution is -2.26. The van der Waals surface area contributed by atoms with Crippen molar-refractivity contribution in [2.24, 2.45) is 0 Å². The van der Waals surface area contributed by atoms with E-state index >= 15 is 0 Å². The smallest absolute Gasteiger partial charge is 0.264 e. The number of carbonyl (C=O) groups is 1. The second-order valence-electron chi connectivity index (χ2n) is 4.44. The van der Waals surface area contributed by atoms with Crippen LogP contribution in [0.3, 0.4) is 0 Å². The van der Waals surface area contributed by atoms with Crippen molar-refractivity contribution in [3.8, 4) is 0 Å². The van der Waals surface area contributed by atoms with Crippen molar-refractivity contribution in [3.63, 3.8) is 0 Å². The van der Waals surface area contributed by atoms with Crippen LogP contribution in [0.2, 0.25) is 5.02 Å². The van der Waals surface area contributed by atoms with Gasteiger partial charge in [-0.25, -0.2) is 0 Å². The second-order valence-corrected chi connectivity index (χ2v) is 5.77. The standard InChI is InChI=1S/C14H15ClN2OS/c1-9-5-6-19-13(9)14(18)17(2)8-10-7-11(16)3-4-12(10)15/h3-7H,8,16H2,1-2H3. The Kier molecular flexibility index (Phi) is 4.12. The van der Waals surface area contributed by atoms with Crippen LogP contribution in [0.15, 0.2) is 29.6 Å². The quantitative estimate of drug-likeness (QED) is 0.880. The van der Waals surface area contributed by atoms with Gasteiger partial charge in [-0.1, -0.05) is 11.6 Å². The monoisotopic (exact) mass is 294 g/mol. The lowest BCUT2D eigenvalue weighted by molar-refractivity contribution is 0.0789. The Morgan fingerprint density at radius 2 is 2.16 bits per heavy atom. The summed E-state index contributed by atoms with van der Waals surface area (Å²) in [5.74, 6) is 0.00555. The topological polar surface area (TPSA) is 46.3 Å². The Balaban J connectivity index is 2.17. The summed E-state index contributed by atoms with van der Waals surface area (Å²) in [7, 11) is 1.76. The van der Waals surface area contributed by atoms with Crippen LogP contribution in [0.25, 0.3) is 0 Å². The molecule has 0 aliphatic rings. The Hall–Kier alpha value is -1.52. The molecule has 0 bridgehead atoms. The Morgan fingerprint density at radius 3 is 2.79 bits per heavy atom. The first-order valence-electron chi connectivity index (χ1n) is 5.82. The molecular weight excluding hydrogens is 280 g/mol. The van der Waals surface area contributed by atoms with E-state index in [1.807, 2.05) is 18.4 Å². The van der Waals surface area contributed by atoms with E-state index in [0.717, 1.165) is 16.0 Å². The van der Waals surface area contributed by atoms with E-state index in [-0.39, 0.29) is 5.91 Å². The van der Waals surface area contributed by atoms with Crippen LogP contribution in [-0.4, -0.2) is 17.9 Å².